The summed E-state index contributed by atoms with van der Waals surface area (Å²) < 4.78 is 29.0. The van der Waals surface area contributed by atoms with E-state index in [-0.39, 0.29) is 17.0 Å². The smallest absolute Gasteiger partial charge is 0.240 e. The number of benzene rings is 1. The van der Waals surface area contributed by atoms with Crippen molar-refractivity contribution in [2.75, 3.05) is 13.6 Å². The lowest BCUT2D eigenvalue weighted by Gasteiger charge is -2.12. The van der Waals surface area contributed by atoms with Gasteiger partial charge in [0, 0.05) is 24.0 Å². The van der Waals surface area contributed by atoms with Gasteiger partial charge in [-0.2, -0.15) is 5.10 Å². The second-order valence-electron chi connectivity index (χ2n) is 5.45. The number of fused-ring (bicyclic) bond motifs is 1. The fraction of sp³-hybridized carbons (Fsp3) is 0.500. The van der Waals surface area contributed by atoms with Gasteiger partial charge in [0.2, 0.25) is 10.0 Å². The van der Waals surface area contributed by atoms with Gasteiger partial charge in [0.05, 0.1) is 16.6 Å². The van der Waals surface area contributed by atoms with Crippen LogP contribution in [0.25, 0.3) is 10.9 Å². The molecule has 1 aromatic carbocycles. The summed E-state index contributed by atoms with van der Waals surface area (Å²) in [6, 6.07) is 5.40. The van der Waals surface area contributed by atoms with Gasteiger partial charge in [0.25, 0.3) is 0 Å². The molecule has 6 nitrogen and oxygen atoms in total. The number of hydrogen-bond donors (Lipinski definition) is 2. The van der Waals surface area contributed by atoms with Crippen LogP contribution in [0.2, 0.25) is 0 Å². The van der Waals surface area contributed by atoms with E-state index in [1.54, 1.807) is 31.4 Å². The number of aromatic nitrogens is 2. The molecule has 0 saturated carbocycles. The van der Waals surface area contributed by atoms with E-state index in [0.29, 0.717) is 6.54 Å². The van der Waals surface area contributed by atoms with Crippen molar-refractivity contribution >= 4 is 20.9 Å². The number of hydrogen-bond acceptors (Lipinski definition) is 4. The predicted molar refractivity (Wildman–Crippen MR) is 83.8 cm³/mol. The van der Waals surface area contributed by atoms with E-state index >= 15 is 0 Å². The minimum atomic E-state index is -3.49. The number of nitrogens with one attached hydrogen (secondary N) is 2. The Balaban J connectivity index is 2.30. The highest BCUT2D eigenvalue weighted by molar-refractivity contribution is 7.89. The van der Waals surface area contributed by atoms with Crippen molar-refractivity contribution < 1.29 is 8.42 Å². The Morgan fingerprint density at radius 2 is 2.00 bits per heavy atom. The molecule has 1 atom stereocenters. The zero-order valence-corrected chi connectivity index (χ0v) is 13.6. The average molecular weight is 310 g/mol. The Labute approximate surface area is 125 Å². The first-order valence-electron chi connectivity index (χ1n) is 6.99. The molecule has 1 unspecified atom stereocenters. The highest BCUT2D eigenvalue weighted by Crippen LogP contribution is 2.21. The Hall–Kier alpha value is -1.44. The van der Waals surface area contributed by atoms with E-state index in [1.165, 1.54) is 0 Å². The number of rotatable bonds is 6. The van der Waals surface area contributed by atoms with Crippen LogP contribution in [0.5, 0.6) is 0 Å². The van der Waals surface area contributed by atoms with Gasteiger partial charge in [-0.25, -0.2) is 13.1 Å². The van der Waals surface area contributed by atoms with E-state index in [2.05, 4.69) is 15.1 Å². The van der Waals surface area contributed by atoms with Crippen molar-refractivity contribution in [3.05, 3.63) is 24.4 Å². The molecule has 0 bridgehead atoms. The molecular weight excluding hydrogens is 288 g/mol. The first kappa shape index (κ1) is 15.9. The van der Waals surface area contributed by atoms with Gasteiger partial charge in [-0.15, -0.1) is 0 Å². The Morgan fingerprint density at radius 1 is 1.29 bits per heavy atom. The summed E-state index contributed by atoms with van der Waals surface area (Å²) in [6.07, 6.45) is 1.70. The van der Waals surface area contributed by atoms with E-state index in [0.717, 1.165) is 10.9 Å². The van der Waals surface area contributed by atoms with E-state index < -0.39 is 10.0 Å². The van der Waals surface area contributed by atoms with E-state index in [9.17, 15) is 8.42 Å². The monoisotopic (exact) mass is 310 g/mol. The molecule has 0 spiro atoms. The molecule has 0 amide bonds. The van der Waals surface area contributed by atoms with Crippen LogP contribution in [0, 0.1) is 0 Å². The van der Waals surface area contributed by atoms with E-state index in [4.69, 9.17) is 0 Å². The highest BCUT2D eigenvalue weighted by Gasteiger charge is 2.16. The topological polar surface area (TPSA) is 76.0 Å². The largest absolute Gasteiger partial charge is 0.316 e. The average Bonchev–Trinajstić information content (AvgIpc) is 2.87. The summed E-state index contributed by atoms with van der Waals surface area (Å²) in [5.74, 6) is 0. The van der Waals surface area contributed by atoms with Gasteiger partial charge < -0.3 is 5.32 Å². The maximum atomic E-state index is 12.3. The van der Waals surface area contributed by atoms with Gasteiger partial charge in [-0.3, -0.25) is 4.68 Å². The third-order valence-corrected chi connectivity index (χ3v) is 4.86. The van der Waals surface area contributed by atoms with Crippen molar-refractivity contribution in [3.63, 3.8) is 0 Å². The highest BCUT2D eigenvalue weighted by atomic mass is 32.2. The molecule has 0 saturated heterocycles. The number of sulfonamides is 1. The molecule has 0 fully saturated rings. The Kier molecular flexibility index (Phi) is 4.65. The molecule has 0 radical (unpaired) electrons. The fourth-order valence-electron chi connectivity index (χ4n) is 2.03. The van der Waals surface area contributed by atoms with Crippen LogP contribution >= 0.6 is 0 Å². The summed E-state index contributed by atoms with van der Waals surface area (Å²) in [6.45, 7) is 6.34. The quantitative estimate of drug-likeness (QED) is 0.848. The third-order valence-electron chi connectivity index (χ3n) is 3.44. The maximum absolute atomic E-state index is 12.3. The molecule has 2 N–H and O–H groups in total. The lowest BCUT2D eigenvalue weighted by molar-refractivity contribution is 0.550. The lowest BCUT2D eigenvalue weighted by atomic mass is 10.2. The van der Waals surface area contributed by atoms with Gasteiger partial charge in [-0.1, -0.05) is 0 Å². The van der Waals surface area contributed by atoms with Crippen molar-refractivity contribution in [2.24, 2.45) is 0 Å². The molecule has 7 heteroatoms. The molecule has 2 rings (SSSR count). The van der Waals surface area contributed by atoms with Crippen LogP contribution in [-0.4, -0.2) is 37.8 Å². The number of nitrogens with zero attached hydrogens (tertiary/aromatic N) is 2. The van der Waals surface area contributed by atoms with Crippen LogP contribution in [0.15, 0.2) is 29.3 Å². The molecular formula is C14H22N4O2S. The van der Waals surface area contributed by atoms with Crippen LogP contribution in [-0.2, 0) is 10.0 Å². The second-order valence-corrected chi connectivity index (χ2v) is 7.21. The normalized spacial score (nSPS) is 14.0. The third kappa shape index (κ3) is 3.42. The zero-order valence-electron chi connectivity index (χ0n) is 12.8. The summed E-state index contributed by atoms with van der Waals surface area (Å²) in [5.41, 5.74) is 0.938. The van der Waals surface area contributed by atoms with Crippen molar-refractivity contribution in [2.45, 2.75) is 37.8 Å². The predicted octanol–water partition coefficient (Wildman–Crippen LogP) is 1.50. The first-order valence-corrected chi connectivity index (χ1v) is 8.47. The minimum Gasteiger partial charge on any atom is -0.316 e. The van der Waals surface area contributed by atoms with Crippen LogP contribution < -0.4 is 10.0 Å². The minimum absolute atomic E-state index is 0.0761. The van der Waals surface area contributed by atoms with Crippen molar-refractivity contribution in [3.8, 4) is 0 Å². The molecule has 21 heavy (non-hydrogen) atoms. The van der Waals surface area contributed by atoms with Gasteiger partial charge in [-0.05, 0) is 46.0 Å². The molecule has 1 aromatic heterocycles. The van der Waals surface area contributed by atoms with Gasteiger partial charge >= 0.3 is 0 Å². The molecule has 2 aromatic rings. The number of likely N-dealkylation sites (N-methyl/N-ethyl adjacent to an activating group) is 1. The fourth-order valence-corrected chi connectivity index (χ4v) is 3.20. The zero-order chi connectivity index (χ0) is 15.6. The summed E-state index contributed by atoms with van der Waals surface area (Å²) >= 11 is 0. The SMILES string of the molecule is CNC(C)CNS(=O)(=O)c1ccc2c(cnn2C(C)C)c1. The summed E-state index contributed by atoms with van der Waals surface area (Å²) in [5, 5.41) is 8.12. The van der Waals surface area contributed by atoms with Crippen molar-refractivity contribution in [1.29, 1.82) is 0 Å². The van der Waals surface area contributed by atoms with E-state index in [1.807, 2.05) is 25.5 Å². The summed E-state index contributed by atoms with van der Waals surface area (Å²) in [7, 11) is -1.70. The standard InChI is InChI=1S/C14H22N4O2S/c1-10(2)18-14-6-5-13(7-12(14)9-16-18)21(19,20)17-8-11(3)15-4/h5-7,9-11,15,17H,8H2,1-4H3. The molecule has 0 aliphatic rings. The molecule has 0 aliphatic heterocycles. The van der Waals surface area contributed by atoms with Crippen molar-refractivity contribution in [1.82, 2.24) is 19.8 Å². The summed E-state index contributed by atoms with van der Waals surface area (Å²) in [4.78, 5) is 0.265. The van der Waals surface area contributed by atoms with Gasteiger partial charge in [0.15, 0.2) is 0 Å². The first-order chi connectivity index (χ1) is 9.85. The second kappa shape index (κ2) is 6.13. The van der Waals surface area contributed by atoms with Gasteiger partial charge in [0.1, 0.15) is 0 Å². The maximum Gasteiger partial charge on any atom is 0.240 e. The van der Waals surface area contributed by atoms with Crippen LogP contribution in [0.3, 0.4) is 0 Å². The Morgan fingerprint density at radius 3 is 2.62 bits per heavy atom. The molecule has 1 heterocycles. The molecule has 0 aliphatic carbocycles. The Bertz CT molecular complexity index is 722. The van der Waals surface area contributed by atoms with Crippen LogP contribution in [0.4, 0.5) is 0 Å². The molecule has 116 valence electrons. The van der Waals surface area contributed by atoms with Crippen LogP contribution in [0.1, 0.15) is 26.8 Å². The lowest BCUT2D eigenvalue weighted by Crippen LogP contribution is -2.37.